The maximum absolute atomic E-state index is 14.0. The van der Waals surface area contributed by atoms with Crippen LogP contribution in [0.1, 0.15) is 0 Å². The lowest BCUT2D eigenvalue weighted by molar-refractivity contribution is -0.384. The first kappa shape index (κ1) is 18.0. The van der Waals surface area contributed by atoms with Gasteiger partial charge in [0, 0.05) is 55.5 Å². The van der Waals surface area contributed by atoms with Crippen LogP contribution in [0.25, 0.3) is 10.9 Å². The number of nitrogens with zero attached hydrogens (tertiary/aromatic N) is 4. The zero-order chi connectivity index (χ0) is 19.7. The highest BCUT2D eigenvalue weighted by Gasteiger charge is 2.20. The minimum Gasteiger partial charge on any atom is -0.494 e. The van der Waals surface area contributed by atoms with Crippen LogP contribution < -0.4 is 14.5 Å². The second kappa shape index (κ2) is 7.30. The van der Waals surface area contributed by atoms with Gasteiger partial charge in [0.2, 0.25) is 0 Å². The molecule has 1 fully saturated rings. The van der Waals surface area contributed by atoms with Crippen LogP contribution in [-0.4, -0.2) is 43.2 Å². The third kappa shape index (κ3) is 3.40. The topological polar surface area (TPSA) is 71.7 Å². The summed E-state index contributed by atoms with van der Waals surface area (Å²) >= 11 is 0. The Hall–Kier alpha value is -3.42. The van der Waals surface area contributed by atoms with Gasteiger partial charge in [-0.15, -0.1) is 0 Å². The van der Waals surface area contributed by atoms with E-state index in [0.717, 1.165) is 48.6 Å². The molecular formula is C20H19FN4O3. The fourth-order valence-electron chi connectivity index (χ4n) is 3.44. The van der Waals surface area contributed by atoms with E-state index >= 15 is 0 Å². The van der Waals surface area contributed by atoms with Gasteiger partial charge in [0.1, 0.15) is 5.82 Å². The van der Waals surface area contributed by atoms with Gasteiger partial charge in [0.05, 0.1) is 17.5 Å². The van der Waals surface area contributed by atoms with Gasteiger partial charge in [-0.05, 0) is 30.3 Å². The van der Waals surface area contributed by atoms with Crippen LogP contribution >= 0.6 is 0 Å². The number of hydrogen-bond acceptors (Lipinski definition) is 6. The van der Waals surface area contributed by atoms with E-state index in [1.54, 1.807) is 12.1 Å². The average Bonchev–Trinajstić information content (AvgIpc) is 2.73. The molecule has 8 heteroatoms. The Balaban J connectivity index is 1.48. The van der Waals surface area contributed by atoms with Crippen molar-refractivity contribution in [2.75, 3.05) is 43.1 Å². The standard InChI is InChI=1S/C20H19FN4O3/c1-28-19-6-4-15(13-17(19)21)23-8-10-24(11-9-23)20-7-2-14-12-16(25(26)27)3-5-18(14)22-20/h2-7,12-13H,8-11H2,1H3. The van der Waals surface area contributed by atoms with Crippen molar-refractivity contribution in [3.05, 3.63) is 64.5 Å². The van der Waals surface area contributed by atoms with Gasteiger partial charge >= 0.3 is 0 Å². The highest BCUT2D eigenvalue weighted by atomic mass is 19.1. The van der Waals surface area contributed by atoms with Crippen molar-refractivity contribution >= 4 is 28.1 Å². The highest BCUT2D eigenvalue weighted by molar-refractivity contribution is 5.82. The normalized spacial score (nSPS) is 14.4. The number of anilines is 2. The van der Waals surface area contributed by atoms with Crippen LogP contribution in [0.2, 0.25) is 0 Å². The number of nitro groups is 1. The third-order valence-corrected chi connectivity index (χ3v) is 4.97. The molecule has 1 aromatic heterocycles. The smallest absolute Gasteiger partial charge is 0.270 e. The van der Waals surface area contributed by atoms with Crippen molar-refractivity contribution in [2.45, 2.75) is 0 Å². The van der Waals surface area contributed by atoms with E-state index in [1.807, 2.05) is 18.2 Å². The van der Waals surface area contributed by atoms with Gasteiger partial charge < -0.3 is 14.5 Å². The van der Waals surface area contributed by atoms with Gasteiger partial charge in [-0.1, -0.05) is 0 Å². The number of aromatic nitrogens is 1. The van der Waals surface area contributed by atoms with Crippen molar-refractivity contribution in [1.29, 1.82) is 0 Å². The van der Waals surface area contributed by atoms with Crippen molar-refractivity contribution in [3.63, 3.8) is 0 Å². The number of ether oxygens (including phenoxy) is 1. The molecule has 0 aliphatic carbocycles. The molecule has 0 unspecified atom stereocenters. The maximum Gasteiger partial charge on any atom is 0.270 e. The third-order valence-electron chi connectivity index (χ3n) is 4.97. The summed E-state index contributed by atoms with van der Waals surface area (Å²) in [5.74, 6) is 0.706. The molecule has 144 valence electrons. The van der Waals surface area contributed by atoms with Gasteiger partial charge in [-0.3, -0.25) is 10.1 Å². The molecule has 4 rings (SSSR count). The Labute approximate surface area is 161 Å². The molecule has 0 bridgehead atoms. The van der Waals surface area contributed by atoms with Crippen molar-refractivity contribution in [2.24, 2.45) is 0 Å². The second-order valence-corrected chi connectivity index (χ2v) is 6.60. The zero-order valence-electron chi connectivity index (χ0n) is 15.3. The minimum absolute atomic E-state index is 0.0578. The van der Waals surface area contributed by atoms with E-state index in [0.29, 0.717) is 0 Å². The summed E-state index contributed by atoms with van der Waals surface area (Å²) in [4.78, 5) is 19.4. The van der Waals surface area contributed by atoms with Gasteiger partial charge in [0.15, 0.2) is 11.6 Å². The van der Waals surface area contributed by atoms with Crippen molar-refractivity contribution in [3.8, 4) is 5.75 Å². The summed E-state index contributed by atoms with van der Waals surface area (Å²) in [6, 6.07) is 13.4. The van der Waals surface area contributed by atoms with E-state index in [4.69, 9.17) is 4.74 Å². The molecular weight excluding hydrogens is 363 g/mol. The number of pyridine rings is 1. The molecule has 1 aliphatic heterocycles. The van der Waals surface area contributed by atoms with E-state index < -0.39 is 4.92 Å². The van der Waals surface area contributed by atoms with Gasteiger partial charge in [-0.25, -0.2) is 9.37 Å². The first-order valence-electron chi connectivity index (χ1n) is 8.94. The van der Waals surface area contributed by atoms with Crippen LogP contribution in [0.5, 0.6) is 5.75 Å². The molecule has 0 amide bonds. The van der Waals surface area contributed by atoms with Crippen molar-refractivity contribution < 1.29 is 14.1 Å². The maximum atomic E-state index is 14.0. The number of nitro benzene ring substituents is 1. The zero-order valence-corrected chi connectivity index (χ0v) is 15.3. The number of fused-ring (bicyclic) bond motifs is 1. The number of non-ortho nitro benzene ring substituents is 1. The van der Waals surface area contributed by atoms with Crippen LogP contribution in [0.15, 0.2) is 48.5 Å². The summed E-state index contributed by atoms with van der Waals surface area (Å²) < 4.78 is 18.9. The SMILES string of the molecule is COc1ccc(N2CCN(c3ccc4cc([N+](=O)[O-])ccc4n3)CC2)cc1F. The molecule has 2 heterocycles. The Kier molecular flexibility index (Phi) is 4.68. The predicted octanol–water partition coefficient (Wildman–Crippen LogP) is 3.62. The van der Waals surface area contributed by atoms with E-state index in [-0.39, 0.29) is 17.3 Å². The molecule has 0 spiro atoms. The summed E-state index contributed by atoms with van der Waals surface area (Å²) in [7, 11) is 1.45. The van der Waals surface area contributed by atoms with Gasteiger partial charge in [-0.2, -0.15) is 0 Å². The molecule has 0 saturated carbocycles. The number of hydrogen-bond donors (Lipinski definition) is 0. The minimum atomic E-state index is -0.408. The van der Waals surface area contributed by atoms with Crippen LogP contribution in [0, 0.1) is 15.9 Å². The van der Waals surface area contributed by atoms with E-state index in [9.17, 15) is 14.5 Å². The first-order valence-corrected chi connectivity index (χ1v) is 8.94. The lowest BCUT2D eigenvalue weighted by atomic mass is 10.2. The molecule has 7 nitrogen and oxygen atoms in total. The number of rotatable bonds is 4. The second-order valence-electron chi connectivity index (χ2n) is 6.60. The molecule has 2 aromatic carbocycles. The fraction of sp³-hybridized carbons (Fsp3) is 0.250. The quantitative estimate of drug-likeness (QED) is 0.507. The molecule has 0 radical (unpaired) electrons. The van der Waals surface area contributed by atoms with Crippen molar-refractivity contribution in [1.82, 2.24) is 4.98 Å². The molecule has 28 heavy (non-hydrogen) atoms. The Morgan fingerprint density at radius 3 is 2.46 bits per heavy atom. The molecule has 1 saturated heterocycles. The Bertz CT molecular complexity index is 1040. The van der Waals surface area contributed by atoms with E-state index in [1.165, 1.54) is 25.3 Å². The average molecular weight is 382 g/mol. The van der Waals surface area contributed by atoms with Crippen LogP contribution in [0.4, 0.5) is 21.6 Å². The number of benzene rings is 2. The number of piperazine rings is 1. The fourth-order valence-corrected chi connectivity index (χ4v) is 3.44. The highest BCUT2D eigenvalue weighted by Crippen LogP contribution is 2.26. The summed E-state index contributed by atoms with van der Waals surface area (Å²) in [6.45, 7) is 2.98. The summed E-state index contributed by atoms with van der Waals surface area (Å²) in [5.41, 5.74) is 1.61. The van der Waals surface area contributed by atoms with Crippen LogP contribution in [-0.2, 0) is 0 Å². The van der Waals surface area contributed by atoms with Gasteiger partial charge in [0.25, 0.3) is 5.69 Å². The molecule has 0 atom stereocenters. The lowest BCUT2D eigenvalue weighted by Gasteiger charge is -2.36. The predicted molar refractivity (Wildman–Crippen MR) is 106 cm³/mol. The summed E-state index contributed by atoms with van der Waals surface area (Å²) in [5, 5.41) is 11.6. The molecule has 0 N–H and O–H groups in total. The van der Waals surface area contributed by atoms with Crippen LogP contribution in [0.3, 0.4) is 0 Å². The number of methoxy groups -OCH3 is 1. The van der Waals surface area contributed by atoms with E-state index in [2.05, 4.69) is 14.8 Å². The Morgan fingerprint density at radius 2 is 1.79 bits per heavy atom. The number of halogens is 1. The summed E-state index contributed by atoms with van der Waals surface area (Å²) in [6.07, 6.45) is 0. The lowest BCUT2D eigenvalue weighted by Crippen LogP contribution is -2.46. The largest absolute Gasteiger partial charge is 0.494 e. The molecule has 3 aromatic rings. The Morgan fingerprint density at radius 1 is 1.04 bits per heavy atom. The monoisotopic (exact) mass is 382 g/mol. The molecule has 1 aliphatic rings. The first-order chi connectivity index (χ1) is 13.5.